The van der Waals surface area contributed by atoms with Crippen LogP contribution in [-0.2, 0) is 20.0 Å². The fraction of sp³-hybridized carbons (Fsp3) is 0.211. The van der Waals surface area contributed by atoms with Gasteiger partial charge < -0.3 is 18.9 Å². The quantitative estimate of drug-likeness (QED) is 0.461. The number of aromatic nitrogens is 1. The van der Waals surface area contributed by atoms with Crippen LogP contribution >= 0.6 is 11.3 Å². The molecule has 0 radical (unpaired) electrons. The van der Waals surface area contributed by atoms with Gasteiger partial charge in [-0.15, -0.1) is 15.7 Å². The first-order chi connectivity index (χ1) is 15.2. The highest BCUT2D eigenvalue weighted by molar-refractivity contribution is 7.90. The average molecular weight is 501 g/mol. The zero-order valence-electron chi connectivity index (χ0n) is 17.5. The van der Waals surface area contributed by atoms with E-state index in [4.69, 9.17) is 18.9 Å². The van der Waals surface area contributed by atoms with Crippen molar-refractivity contribution in [2.45, 2.75) is 9.79 Å². The molecule has 172 valence electrons. The molecule has 0 aliphatic carbocycles. The molecule has 13 heteroatoms. The molecule has 0 atom stereocenters. The van der Waals surface area contributed by atoms with E-state index in [1.165, 1.54) is 70.3 Å². The van der Waals surface area contributed by atoms with E-state index in [9.17, 15) is 16.8 Å². The van der Waals surface area contributed by atoms with Crippen molar-refractivity contribution >= 4 is 31.4 Å². The molecule has 1 aromatic heterocycles. The first-order valence-electron chi connectivity index (χ1n) is 8.84. The molecule has 0 spiro atoms. The Morgan fingerprint density at radius 3 is 1.84 bits per heavy atom. The maximum absolute atomic E-state index is 13.3. The van der Waals surface area contributed by atoms with E-state index in [1.807, 2.05) is 0 Å². The molecule has 0 unspecified atom stereocenters. The van der Waals surface area contributed by atoms with Crippen molar-refractivity contribution in [3.63, 3.8) is 0 Å². The molecule has 10 nitrogen and oxygen atoms in total. The summed E-state index contributed by atoms with van der Waals surface area (Å²) in [5.74, 6) is 0.655. The second-order valence-corrected chi connectivity index (χ2v) is 10.3. The zero-order chi connectivity index (χ0) is 23.5. The van der Waals surface area contributed by atoms with Crippen LogP contribution in [0.1, 0.15) is 0 Å². The molecule has 0 aliphatic heterocycles. The van der Waals surface area contributed by atoms with Crippen molar-refractivity contribution in [3.05, 3.63) is 52.8 Å². The van der Waals surface area contributed by atoms with E-state index in [1.54, 1.807) is 6.07 Å². The minimum absolute atomic E-state index is 0.0370. The van der Waals surface area contributed by atoms with Gasteiger partial charge in [0.15, 0.2) is 0 Å². The van der Waals surface area contributed by atoms with Gasteiger partial charge in [0.25, 0.3) is 20.0 Å². The standard InChI is InChI=1S/C19H20N2O8S3/c1-26-13-5-7-15(28-3)17(11-13)31(22,23)20-19-21(9-10-30-19)32(24,25)18-12-14(27-2)6-8-16(18)29-4/h5-12H,1-4H3. The SMILES string of the molecule is COc1ccc(OC)c(S(=O)(=O)N=c2sccn2S(=O)(=O)c2cc(OC)ccc2OC)c1. The van der Waals surface area contributed by atoms with Crippen molar-refractivity contribution in [2.24, 2.45) is 4.40 Å². The van der Waals surface area contributed by atoms with Gasteiger partial charge in [-0.25, -0.2) is 12.4 Å². The molecule has 1 heterocycles. The number of ether oxygens (including phenoxy) is 4. The van der Waals surface area contributed by atoms with Gasteiger partial charge in [0, 0.05) is 23.7 Å². The molecule has 32 heavy (non-hydrogen) atoms. The number of hydrogen-bond donors (Lipinski definition) is 0. The van der Waals surface area contributed by atoms with Crippen molar-refractivity contribution < 1.29 is 35.8 Å². The van der Waals surface area contributed by atoms with Gasteiger partial charge in [0.1, 0.15) is 32.8 Å². The fourth-order valence-corrected chi connectivity index (χ4v) is 6.64. The number of rotatable bonds is 8. The second kappa shape index (κ2) is 9.22. The highest BCUT2D eigenvalue weighted by Crippen LogP contribution is 2.31. The maximum Gasteiger partial charge on any atom is 0.288 e. The van der Waals surface area contributed by atoms with Gasteiger partial charge in [0.2, 0.25) is 4.80 Å². The van der Waals surface area contributed by atoms with Crippen molar-refractivity contribution in [3.8, 4) is 23.0 Å². The monoisotopic (exact) mass is 500 g/mol. The summed E-state index contributed by atoms with van der Waals surface area (Å²) in [5.41, 5.74) is 0. The van der Waals surface area contributed by atoms with Crippen LogP contribution in [0.4, 0.5) is 0 Å². The summed E-state index contributed by atoms with van der Waals surface area (Å²) in [6.45, 7) is 0. The van der Waals surface area contributed by atoms with E-state index in [0.29, 0.717) is 0 Å². The van der Waals surface area contributed by atoms with E-state index >= 15 is 0 Å². The third-order valence-corrected chi connectivity index (χ3v) is 8.28. The Bertz CT molecular complexity index is 1410. The molecule has 0 saturated carbocycles. The lowest BCUT2D eigenvalue weighted by Crippen LogP contribution is -2.25. The molecule has 0 bridgehead atoms. The highest BCUT2D eigenvalue weighted by atomic mass is 32.2. The van der Waals surface area contributed by atoms with Gasteiger partial charge in [0.05, 0.1) is 28.4 Å². The lowest BCUT2D eigenvalue weighted by Gasteiger charge is -2.12. The van der Waals surface area contributed by atoms with Crippen LogP contribution in [0, 0.1) is 0 Å². The summed E-state index contributed by atoms with van der Waals surface area (Å²) in [6, 6.07) is 8.45. The topological polar surface area (TPSA) is 122 Å². The Morgan fingerprint density at radius 1 is 0.781 bits per heavy atom. The van der Waals surface area contributed by atoms with Gasteiger partial charge in [-0.2, -0.15) is 8.42 Å². The Morgan fingerprint density at radius 2 is 1.31 bits per heavy atom. The largest absolute Gasteiger partial charge is 0.497 e. The normalized spacial score (nSPS) is 12.4. The second-order valence-electron chi connectivity index (χ2n) is 6.09. The number of nitrogens with zero attached hydrogens (tertiary/aromatic N) is 2. The summed E-state index contributed by atoms with van der Waals surface area (Å²) >= 11 is 0.833. The van der Waals surface area contributed by atoms with Gasteiger partial charge >= 0.3 is 0 Å². The molecule has 0 fully saturated rings. The van der Waals surface area contributed by atoms with E-state index in [2.05, 4.69) is 4.40 Å². The van der Waals surface area contributed by atoms with Crippen LogP contribution in [0.2, 0.25) is 0 Å². The summed E-state index contributed by atoms with van der Waals surface area (Å²) < 4.78 is 77.8. The molecular formula is C19H20N2O8S3. The van der Waals surface area contributed by atoms with Crippen molar-refractivity contribution in [2.75, 3.05) is 28.4 Å². The first-order valence-corrected chi connectivity index (χ1v) is 12.6. The predicted octanol–water partition coefficient (Wildman–Crippen LogP) is 2.11. The molecule has 0 N–H and O–H groups in total. The third-order valence-electron chi connectivity index (χ3n) is 4.31. The van der Waals surface area contributed by atoms with E-state index in [0.717, 1.165) is 15.3 Å². The third kappa shape index (κ3) is 4.45. The van der Waals surface area contributed by atoms with E-state index < -0.39 is 20.0 Å². The lowest BCUT2D eigenvalue weighted by atomic mass is 10.3. The first kappa shape index (κ1) is 23.6. The molecular weight excluding hydrogens is 480 g/mol. The number of hydrogen-bond acceptors (Lipinski definition) is 9. The number of thiazole rings is 1. The zero-order valence-corrected chi connectivity index (χ0v) is 20.0. The lowest BCUT2D eigenvalue weighted by molar-refractivity contribution is 0.392. The maximum atomic E-state index is 13.3. The smallest absolute Gasteiger partial charge is 0.288 e. The number of benzene rings is 2. The Labute approximate surface area is 189 Å². The minimum atomic E-state index is -4.36. The predicted molar refractivity (Wildman–Crippen MR) is 117 cm³/mol. The highest BCUT2D eigenvalue weighted by Gasteiger charge is 2.26. The Hall–Kier alpha value is -3.03. The van der Waals surface area contributed by atoms with Gasteiger partial charge in [-0.3, -0.25) is 0 Å². The Kier molecular flexibility index (Phi) is 6.81. The fourth-order valence-electron chi connectivity index (χ4n) is 2.74. The molecule has 0 aliphatic rings. The number of methoxy groups -OCH3 is 4. The van der Waals surface area contributed by atoms with Crippen LogP contribution in [-0.4, -0.2) is 49.2 Å². The molecule has 0 amide bonds. The van der Waals surface area contributed by atoms with Crippen LogP contribution in [0.15, 0.2) is 62.2 Å². The van der Waals surface area contributed by atoms with Crippen LogP contribution in [0.3, 0.4) is 0 Å². The number of sulfonamides is 1. The average Bonchev–Trinajstić information content (AvgIpc) is 3.26. The van der Waals surface area contributed by atoms with Gasteiger partial charge in [-0.1, -0.05) is 0 Å². The van der Waals surface area contributed by atoms with Crippen molar-refractivity contribution in [1.29, 1.82) is 0 Å². The summed E-state index contributed by atoms with van der Waals surface area (Å²) in [6.07, 6.45) is 1.20. The van der Waals surface area contributed by atoms with Crippen molar-refractivity contribution in [1.82, 2.24) is 3.97 Å². The summed E-state index contributed by atoms with van der Waals surface area (Å²) in [5, 5.41) is 1.40. The molecule has 3 rings (SSSR count). The summed E-state index contributed by atoms with van der Waals surface area (Å²) in [4.78, 5) is -0.772. The minimum Gasteiger partial charge on any atom is -0.497 e. The van der Waals surface area contributed by atoms with E-state index in [-0.39, 0.29) is 37.6 Å². The van der Waals surface area contributed by atoms with Gasteiger partial charge in [-0.05, 0) is 24.3 Å². The summed E-state index contributed by atoms with van der Waals surface area (Å²) in [7, 11) is -3.23. The van der Waals surface area contributed by atoms with Crippen LogP contribution in [0.5, 0.6) is 23.0 Å². The Balaban J connectivity index is 2.21. The molecule has 0 saturated heterocycles. The molecule has 3 aromatic rings. The van der Waals surface area contributed by atoms with Crippen LogP contribution < -0.4 is 23.7 Å². The van der Waals surface area contributed by atoms with Crippen LogP contribution in [0.25, 0.3) is 0 Å². The molecule has 2 aromatic carbocycles.